The van der Waals surface area contributed by atoms with Crippen molar-refractivity contribution in [1.29, 1.82) is 0 Å². The van der Waals surface area contributed by atoms with E-state index < -0.39 is 11.7 Å². The largest absolute Gasteiger partial charge is 0.475 e. The van der Waals surface area contributed by atoms with Crippen LogP contribution in [0, 0.1) is 0 Å². The lowest BCUT2D eigenvalue weighted by atomic mass is 10.3. The van der Waals surface area contributed by atoms with Gasteiger partial charge >= 0.3 is 6.18 Å². The van der Waals surface area contributed by atoms with Crippen LogP contribution in [0.5, 0.6) is 5.88 Å². The maximum atomic E-state index is 12.6. The van der Waals surface area contributed by atoms with Crippen LogP contribution in [0.25, 0.3) is 0 Å². The molecule has 0 unspecified atom stereocenters. The predicted molar refractivity (Wildman–Crippen MR) is 98.0 cm³/mol. The van der Waals surface area contributed by atoms with Gasteiger partial charge in [0.05, 0.1) is 18.7 Å². The molecule has 0 bridgehead atoms. The van der Waals surface area contributed by atoms with E-state index in [2.05, 4.69) is 15.3 Å². The van der Waals surface area contributed by atoms with E-state index in [9.17, 15) is 13.2 Å². The molecule has 0 radical (unpaired) electrons. The first-order valence-corrected chi connectivity index (χ1v) is 8.47. The summed E-state index contributed by atoms with van der Waals surface area (Å²) in [5.41, 5.74) is 0.207. The lowest BCUT2D eigenvalue weighted by Crippen LogP contribution is -2.40. The van der Waals surface area contributed by atoms with Crippen LogP contribution in [0.15, 0.2) is 35.6 Å². The molecule has 0 spiro atoms. The molecule has 0 saturated heterocycles. The van der Waals surface area contributed by atoms with Gasteiger partial charge in [-0.3, -0.25) is 4.99 Å². The second-order valence-corrected chi connectivity index (χ2v) is 6.20. The summed E-state index contributed by atoms with van der Waals surface area (Å²) in [6, 6.07) is 4.78. The number of aliphatic imine (C=N–C) groups is 1. The Morgan fingerprint density at radius 2 is 2.19 bits per heavy atom. The monoisotopic (exact) mass is 403 g/mol. The minimum atomic E-state index is -4.49. The number of hydrogen-bond acceptors (Lipinski definition) is 3. The molecule has 2 rings (SSSR count). The normalized spacial score (nSPS) is 12.2. The maximum absolute atomic E-state index is 12.6. The summed E-state index contributed by atoms with van der Waals surface area (Å²) in [6.45, 7) is 1.20. The predicted octanol–water partition coefficient (Wildman–Crippen LogP) is 3.18. The number of guanidine groups is 1. The van der Waals surface area contributed by atoms with Crippen LogP contribution < -0.4 is 10.1 Å². The molecule has 27 heavy (non-hydrogen) atoms. The minimum absolute atomic E-state index is 0.0429. The van der Waals surface area contributed by atoms with Crippen molar-refractivity contribution in [2.45, 2.75) is 12.7 Å². The van der Waals surface area contributed by atoms with Gasteiger partial charge in [-0.05, 0) is 18.2 Å². The van der Waals surface area contributed by atoms with Crippen LogP contribution in [-0.2, 0) is 19.8 Å². The Kier molecular flexibility index (Phi) is 6.95. The highest BCUT2D eigenvalue weighted by Gasteiger charge is 2.31. The Labute approximate surface area is 160 Å². The number of hydrogen-bond donors (Lipinski definition) is 1. The van der Waals surface area contributed by atoms with Crippen LogP contribution in [-0.4, -0.2) is 47.7 Å². The number of nitrogens with zero attached hydrogens (tertiary/aromatic N) is 4. The highest BCUT2D eigenvalue weighted by atomic mass is 35.5. The van der Waals surface area contributed by atoms with E-state index >= 15 is 0 Å². The van der Waals surface area contributed by atoms with Crippen LogP contribution in [0.2, 0.25) is 5.02 Å². The van der Waals surface area contributed by atoms with E-state index in [1.165, 1.54) is 0 Å². The molecule has 1 N–H and O–H groups in total. The third-order valence-electron chi connectivity index (χ3n) is 3.78. The van der Waals surface area contributed by atoms with Gasteiger partial charge < -0.3 is 19.5 Å². The fourth-order valence-corrected chi connectivity index (χ4v) is 2.58. The zero-order valence-electron chi connectivity index (χ0n) is 15.2. The molecule has 6 nitrogen and oxygen atoms in total. The quantitative estimate of drug-likeness (QED) is 0.457. The van der Waals surface area contributed by atoms with Gasteiger partial charge in [-0.15, -0.1) is 0 Å². The molecule has 0 saturated carbocycles. The van der Waals surface area contributed by atoms with Crippen LogP contribution in [0.3, 0.4) is 0 Å². The van der Waals surface area contributed by atoms with Crippen molar-refractivity contribution in [3.05, 3.63) is 46.9 Å². The van der Waals surface area contributed by atoms with Crippen molar-refractivity contribution in [2.24, 2.45) is 12.0 Å². The van der Waals surface area contributed by atoms with Crippen molar-refractivity contribution >= 4 is 17.6 Å². The summed E-state index contributed by atoms with van der Waals surface area (Å²) in [4.78, 5) is 9.77. The number of alkyl halides is 3. The molecular formula is C17H21ClF3N5O. The standard InChI is InChI=1S/C17H21ClF3N5O/c1-22-16(26(3)11-13-5-4-7-25(13)2)23-6-8-27-15-14(18)9-12(10-24-15)17(19,20)21/h4-5,7,9-10H,6,8,11H2,1-3H3,(H,22,23). The molecule has 0 aliphatic heterocycles. The van der Waals surface area contributed by atoms with Gasteiger partial charge in [0.25, 0.3) is 0 Å². The van der Waals surface area contributed by atoms with Gasteiger partial charge in [0, 0.05) is 39.2 Å². The molecule has 0 fully saturated rings. The van der Waals surface area contributed by atoms with Crippen LogP contribution in [0.1, 0.15) is 11.3 Å². The molecule has 0 amide bonds. The molecule has 148 valence electrons. The van der Waals surface area contributed by atoms with Crippen molar-refractivity contribution in [3.63, 3.8) is 0 Å². The Balaban J connectivity index is 1.84. The van der Waals surface area contributed by atoms with Crippen molar-refractivity contribution in [2.75, 3.05) is 27.2 Å². The molecule has 0 aliphatic rings. The SMILES string of the molecule is CN=C(NCCOc1ncc(C(F)(F)F)cc1Cl)N(C)Cc1cccn1C. The maximum Gasteiger partial charge on any atom is 0.417 e. The topological polar surface area (TPSA) is 54.7 Å². The molecule has 10 heteroatoms. The smallest absolute Gasteiger partial charge is 0.417 e. The fraction of sp³-hybridized carbons (Fsp3) is 0.412. The Bertz CT molecular complexity index is 791. The van der Waals surface area contributed by atoms with E-state index in [4.69, 9.17) is 16.3 Å². The van der Waals surface area contributed by atoms with Crippen LogP contribution >= 0.6 is 11.6 Å². The summed E-state index contributed by atoms with van der Waals surface area (Å²) in [5.74, 6) is 0.616. The van der Waals surface area contributed by atoms with Crippen LogP contribution in [0.4, 0.5) is 13.2 Å². The minimum Gasteiger partial charge on any atom is -0.475 e. The molecular weight excluding hydrogens is 383 g/mol. The first-order valence-electron chi connectivity index (χ1n) is 8.10. The second-order valence-electron chi connectivity index (χ2n) is 5.80. The third-order valence-corrected chi connectivity index (χ3v) is 4.05. The summed E-state index contributed by atoms with van der Waals surface area (Å²) in [7, 11) is 5.53. The lowest BCUT2D eigenvalue weighted by Gasteiger charge is -2.22. The van der Waals surface area contributed by atoms with Gasteiger partial charge in [-0.1, -0.05) is 11.6 Å². The zero-order chi connectivity index (χ0) is 20.0. The first-order chi connectivity index (χ1) is 12.7. The van der Waals surface area contributed by atoms with E-state index in [1.807, 2.05) is 41.9 Å². The van der Waals surface area contributed by atoms with Gasteiger partial charge in [0.15, 0.2) is 5.96 Å². The van der Waals surface area contributed by atoms with Crippen molar-refractivity contribution in [3.8, 4) is 5.88 Å². The highest BCUT2D eigenvalue weighted by Crippen LogP contribution is 2.32. The molecule has 2 aromatic heterocycles. The number of aryl methyl sites for hydroxylation is 1. The molecule has 0 aromatic carbocycles. The number of rotatable bonds is 6. The van der Waals surface area contributed by atoms with E-state index in [0.29, 0.717) is 25.2 Å². The van der Waals surface area contributed by atoms with Gasteiger partial charge in [-0.25, -0.2) is 4.98 Å². The first kappa shape index (κ1) is 20.9. The number of halogens is 4. The summed E-state index contributed by atoms with van der Waals surface area (Å²) in [5, 5.41) is 2.93. The molecule has 2 aromatic rings. The molecule has 0 aliphatic carbocycles. The van der Waals surface area contributed by atoms with Crippen molar-refractivity contribution in [1.82, 2.24) is 19.8 Å². The fourth-order valence-electron chi connectivity index (χ4n) is 2.36. The average molecular weight is 404 g/mol. The Morgan fingerprint density at radius 3 is 2.74 bits per heavy atom. The van der Waals surface area contributed by atoms with E-state index in [0.717, 1.165) is 11.8 Å². The van der Waals surface area contributed by atoms with Gasteiger partial charge in [0.1, 0.15) is 11.6 Å². The highest BCUT2D eigenvalue weighted by molar-refractivity contribution is 6.31. The van der Waals surface area contributed by atoms with Gasteiger partial charge in [0.2, 0.25) is 5.88 Å². The van der Waals surface area contributed by atoms with E-state index in [-0.39, 0.29) is 17.5 Å². The molecule has 2 heterocycles. The van der Waals surface area contributed by atoms with Gasteiger partial charge in [-0.2, -0.15) is 13.2 Å². The average Bonchev–Trinajstić information content (AvgIpc) is 3.00. The Morgan fingerprint density at radius 1 is 1.44 bits per heavy atom. The molecule has 0 atom stereocenters. The van der Waals surface area contributed by atoms with Crippen molar-refractivity contribution < 1.29 is 17.9 Å². The lowest BCUT2D eigenvalue weighted by molar-refractivity contribution is -0.137. The van der Waals surface area contributed by atoms with E-state index in [1.54, 1.807) is 7.05 Å². The zero-order valence-corrected chi connectivity index (χ0v) is 16.0. The second kappa shape index (κ2) is 8.98. The summed E-state index contributed by atoms with van der Waals surface area (Å²) in [6.07, 6.45) is -1.83. The Hall–Kier alpha value is -2.42. The number of pyridine rings is 1. The number of ether oxygens (including phenoxy) is 1. The summed E-state index contributed by atoms with van der Waals surface area (Å²) >= 11 is 5.81. The third kappa shape index (κ3) is 5.78. The number of aromatic nitrogens is 2. The number of nitrogens with one attached hydrogen (secondary N) is 1. The summed E-state index contributed by atoms with van der Waals surface area (Å²) < 4.78 is 45.2.